The molecular weight excluding hydrogens is 289 g/mol. The van der Waals surface area contributed by atoms with Crippen LogP contribution in [0.5, 0.6) is 0 Å². The highest BCUT2D eigenvalue weighted by molar-refractivity contribution is 5.69. The number of carbonyl (C=O) groups excluding carboxylic acids is 1. The van der Waals surface area contributed by atoms with E-state index < -0.39 is 17.5 Å². The van der Waals surface area contributed by atoms with Crippen LogP contribution in [0.2, 0.25) is 0 Å². The maximum absolute atomic E-state index is 14.0. The Kier molecular flexibility index (Phi) is 3.79. The number of hydrogen-bond donors (Lipinski definition) is 0. The van der Waals surface area contributed by atoms with E-state index >= 15 is 0 Å². The zero-order valence-electron chi connectivity index (χ0n) is 12.2. The Morgan fingerprint density at radius 1 is 1.41 bits per heavy atom. The SMILES string of the molecule is CCOC(=O)Cn1nc(-c2ccccc2F)n(C2CC2)c1=O. The highest BCUT2D eigenvalue weighted by Gasteiger charge is 2.31. The van der Waals surface area contributed by atoms with E-state index in [1.807, 2.05) is 0 Å². The van der Waals surface area contributed by atoms with E-state index in [9.17, 15) is 14.0 Å². The maximum Gasteiger partial charge on any atom is 0.347 e. The Morgan fingerprint density at radius 2 is 2.14 bits per heavy atom. The van der Waals surface area contributed by atoms with Gasteiger partial charge in [-0.1, -0.05) is 12.1 Å². The molecule has 1 heterocycles. The van der Waals surface area contributed by atoms with Crippen molar-refractivity contribution in [1.82, 2.24) is 14.3 Å². The van der Waals surface area contributed by atoms with Crippen molar-refractivity contribution in [2.45, 2.75) is 32.4 Å². The predicted molar refractivity (Wildman–Crippen MR) is 76.8 cm³/mol. The fraction of sp³-hybridized carbons (Fsp3) is 0.400. The van der Waals surface area contributed by atoms with Crippen molar-refractivity contribution < 1.29 is 13.9 Å². The van der Waals surface area contributed by atoms with Gasteiger partial charge in [-0.2, -0.15) is 0 Å². The highest BCUT2D eigenvalue weighted by atomic mass is 19.1. The van der Waals surface area contributed by atoms with Gasteiger partial charge in [0.05, 0.1) is 12.2 Å². The molecule has 1 aromatic heterocycles. The quantitative estimate of drug-likeness (QED) is 0.789. The summed E-state index contributed by atoms with van der Waals surface area (Å²) in [5, 5.41) is 4.15. The number of hydrogen-bond acceptors (Lipinski definition) is 4. The van der Waals surface area contributed by atoms with Crippen molar-refractivity contribution in [3.63, 3.8) is 0 Å². The van der Waals surface area contributed by atoms with Crippen molar-refractivity contribution in [2.75, 3.05) is 6.61 Å². The standard InChI is InChI=1S/C15H16FN3O3/c1-2-22-13(20)9-18-15(21)19(10-7-8-10)14(17-18)11-5-3-4-6-12(11)16/h3-6,10H,2,7-9H2,1H3. The Morgan fingerprint density at radius 3 is 2.77 bits per heavy atom. The molecule has 2 aromatic rings. The summed E-state index contributed by atoms with van der Waals surface area (Å²) in [5.74, 6) is -0.724. The molecule has 0 radical (unpaired) electrons. The van der Waals surface area contributed by atoms with Gasteiger partial charge in [0.15, 0.2) is 5.82 Å². The molecule has 0 bridgehead atoms. The summed E-state index contributed by atoms with van der Waals surface area (Å²) in [6.07, 6.45) is 1.71. The minimum Gasteiger partial charge on any atom is -0.465 e. The lowest BCUT2D eigenvalue weighted by Crippen LogP contribution is -2.28. The largest absolute Gasteiger partial charge is 0.465 e. The monoisotopic (exact) mass is 305 g/mol. The van der Waals surface area contributed by atoms with Crippen LogP contribution in [0.15, 0.2) is 29.1 Å². The molecule has 116 valence electrons. The van der Waals surface area contributed by atoms with Crippen LogP contribution in [-0.2, 0) is 16.1 Å². The van der Waals surface area contributed by atoms with Crippen molar-refractivity contribution in [2.24, 2.45) is 0 Å². The number of esters is 1. The third-order valence-corrected chi connectivity index (χ3v) is 3.48. The van der Waals surface area contributed by atoms with Gasteiger partial charge < -0.3 is 4.74 Å². The molecule has 1 aliphatic carbocycles. The fourth-order valence-corrected chi connectivity index (χ4v) is 2.34. The molecule has 0 saturated heterocycles. The van der Waals surface area contributed by atoms with Gasteiger partial charge in [-0.15, -0.1) is 5.10 Å². The van der Waals surface area contributed by atoms with Gasteiger partial charge in [0.2, 0.25) is 0 Å². The van der Waals surface area contributed by atoms with Crippen molar-refractivity contribution in [3.05, 3.63) is 40.6 Å². The average molecular weight is 305 g/mol. The maximum atomic E-state index is 14.0. The third kappa shape index (κ3) is 2.66. The lowest BCUT2D eigenvalue weighted by Gasteiger charge is -2.04. The molecule has 0 spiro atoms. The third-order valence-electron chi connectivity index (χ3n) is 3.48. The normalized spacial score (nSPS) is 14.1. The van der Waals surface area contributed by atoms with Gasteiger partial charge in [0.25, 0.3) is 0 Å². The minimum absolute atomic E-state index is 0.0260. The van der Waals surface area contributed by atoms with Crippen LogP contribution in [0.1, 0.15) is 25.8 Å². The minimum atomic E-state index is -0.537. The molecule has 0 atom stereocenters. The second kappa shape index (κ2) is 5.75. The van der Waals surface area contributed by atoms with E-state index in [1.165, 1.54) is 10.6 Å². The van der Waals surface area contributed by atoms with E-state index in [-0.39, 0.29) is 30.6 Å². The van der Waals surface area contributed by atoms with Gasteiger partial charge in [-0.25, -0.2) is 13.9 Å². The number of halogens is 1. The fourth-order valence-electron chi connectivity index (χ4n) is 2.34. The van der Waals surface area contributed by atoms with E-state index in [1.54, 1.807) is 25.1 Å². The van der Waals surface area contributed by atoms with Crippen molar-refractivity contribution >= 4 is 5.97 Å². The van der Waals surface area contributed by atoms with Crippen LogP contribution < -0.4 is 5.69 Å². The highest BCUT2D eigenvalue weighted by Crippen LogP contribution is 2.36. The lowest BCUT2D eigenvalue weighted by atomic mass is 10.2. The van der Waals surface area contributed by atoms with Gasteiger partial charge in [0, 0.05) is 6.04 Å². The predicted octanol–water partition coefficient (Wildman–Crippen LogP) is 1.75. The Balaban J connectivity index is 2.05. The second-order valence-corrected chi connectivity index (χ2v) is 5.15. The summed E-state index contributed by atoms with van der Waals surface area (Å²) in [6.45, 7) is 1.65. The zero-order chi connectivity index (χ0) is 15.7. The Labute approximate surface area is 126 Å². The number of nitrogens with zero attached hydrogens (tertiary/aromatic N) is 3. The van der Waals surface area contributed by atoms with Gasteiger partial charge in [-0.05, 0) is 31.9 Å². The molecule has 1 saturated carbocycles. The van der Waals surface area contributed by atoms with E-state index in [2.05, 4.69) is 5.10 Å². The molecule has 3 rings (SSSR count). The van der Waals surface area contributed by atoms with Gasteiger partial charge in [0.1, 0.15) is 12.4 Å². The van der Waals surface area contributed by atoms with Crippen LogP contribution in [0.25, 0.3) is 11.4 Å². The topological polar surface area (TPSA) is 66.1 Å². The smallest absolute Gasteiger partial charge is 0.347 e. The molecular formula is C15H16FN3O3. The lowest BCUT2D eigenvalue weighted by molar-refractivity contribution is -0.144. The Hall–Kier alpha value is -2.44. The first kappa shape index (κ1) is 14.5. The molecule has 1 fully saturated rings. The molecule has 22 heavy (non-hydrogen) atoms. The average Bonchev–Trinajstić information content (AvgIpc) is 3.26. The number of carbonyl (C=O) groups is 1. The molecule has 7 heteroatoms. The number of benzene rings is 1. The van der Waals surface area contributed by atoms with E-state index in [4.69, 9.17) is 4.74 Å². The summed E-state index contributed by atoms with van der Waals surface area (Å²) < 4.78 is 21.4. The van der Waals surface area contributed by atoms with Crippen LogP contribution in [0.3, 0.4) is 0 Å². The summed E-state index contributed by atoms with van der Waals surface area (Å²) in [7, 11) is 0. The number of ether oxygens (including phenoxy) is 1. The first-order chi connectivity index (χ1) is 10.6. The number of aromatic nitrogens is 3. The van der Waals surface area contributed by atoms with E-state index in [0.29, 0.717) is 0 Å². The molecule has 0 aliphatic heterocycles. The Bertz CT molecular complexity index is 762. The van der Waals surface area contributed by atoms with Crippen molar-refractivity contribution in [1.29, 1.82) is 0 Å². The first-order valence-electron chi connectivity index (χ1n) is 7.21. The van der Waals surface area contributed by atoms with Gasteiger partial charge >= 0.3 is 11.7 Å². The van der Waals surface area contributed by atoms with Crippen LogP contribution in [0, 0.1) is 5.82 Å². The second-order valence-electron chi connectivity index (χ2n) is 5.15. The summed E-state index contributed by atoms with van der Waals surface area (Å²) in [4.78, 5) is 24.0. The molecule has 0 N–H and O–H groups in total. The summed E-state index contributed by atoms with van der Waals surface area (Å²) in [6, 6.07) is 6.18. The molecule has 1 aliphatic rings. The van der Waals surface area contributed by atoms with Crippen LogP contribution in [-0.4, -0.2) is 26.9 Å². The zero-order valence-corrected chi connectivity index (χ0v) is 12.2. The first-order valence-corrected chi connectivity index (χ1v) is 7.21. The molecule has 0 unspecified atom stereocenters. The molecule has 6 nitrogen and oxygen atoms in total. The van der Waals surface area contributed by atoms with Crippen LogP contribution in [0.4, 0.5) is 4.39 Å². The van der Waals surface area contributed by atoms with E-state index in [0.717, 1.165) is 17.5 Å². The number of rotatable bonds is 5. The summed E-state index contributed by atoms with van der Waals surface area (Å²) in [5.41, 5.74) is -0.150. The molecule has 1 aromatic carbocycles. The van der Waals surface area contributed by atoms with Crippen LogP contribution >= 0.6 is 0 Å². The van der Waals surface area contributed by atoms with Crippen molar-refractivity contribution in [3.8, 4) is 11.4 Å². The summed E-state index contributed by atoms with van der Waals surface area (Å²) >= 11 is 0. The molecule has 0 amide bonds. The van der Waals surface area contributed by atoms with Gasteiger partial charge in [-0.3, -0.25) is 9.36 Å².